The van der Waals surface area contributed by atoms with Gasteiger partial charge in [0.25, 0.3) is 0 Å². The van der Waals surface area contributed by atoms with Crippen LogP contribution in [-0.4, -0.2) is 21.3 Å². The van der Waals surface area contributed by atoms with Gasteiger partial charge in [0.05, 0.1) is 11.9 Å². The van der Waals surface area contributed by atoms with Gasteiger partial charge in [-0.15, -0.1) is 5.10 Å². The quantitative estimate of drug-likeness (QED) is 0.685. The largest absolute Gasteiger partial charge is 0.298 e. The summed E-state index contributed by atoms with van der Waals surface area (Å²) in [6.45, 7) is 0. The lowest BCUT2D eigenvalue weighted by Gasteiger charge is -1.99. The third-order valence-corrected chi connectivity index (χ3v) is 2.93. The minimum atomic E-state index is -0.286. The minimum absolute atomic E-state index is 0.286. The fraction of sp³-hybridized carbons (Fsp3) is 0. The van der Waals surface area contributed by atoms with Gasteiger partial charge in [-0.05, 0) is 48.5 Å². The highest BCUT2D eigenvalue weighted by Crippen LogP contribution is 2.18. The van der Waals surface area contributed by atoms with Gasteiger partial charge < -0.3 is 0 Å². The number of halogens is 1. The number of carbonyl (C=O) groups is 1. The number of benzene rings is 2. The van der Waals surface area contributed by atoms with Crippen LogP contribution in [0.2, 0.25) is 0 Å². The molecule has 1 aromatic heterocycles. The standard InChI is InChI=1S/C15H10FN3O/c16-13-5-3-12(4-6-13)15-9-19(18-17-15)14-7-1-11(10-20)2-8-14/h1-10H. The molecule has 20 heavy (non-hydrogen) atoms. The van der Waals surface area contributed by atoms with Crippen molar-refractivity contribution >= 4 is 6.29 Å². The summed E-state index contributed by atoms with van der Waals surface area (Å²) < 4.78 is 14.5. The highest BCUT2D eigenvalue weighted by atomic mass is 19.1. The molecule has 0 bridgehead atoms. The SMILES string of the molecule is O=Cc1ccc(-n2cc(-c3ccc(F)cc3)nn2)cc1. The summed E-state index contributed by atoms with van der Waals surface area (Å²) in [7, 11) is 0. The van der Waals surface area contributed by atoms with Crippen LogP contribution in [0.25, 0.3) is 16.9 Å². The van der Waals surface area contributed by atoms with Gasteiger partial charge in [-0.1, -0.05) is 5.21 Å². The first kappa shape index (κ1) is 12.2. The molecule has 98 valence electrons. The average Bonchev–Trinajstić information content (AvgIpc) is 2.98. The summed E-state index contributed by atoms with van der Waals surface area (Å²) in [6.07, 6.45) is 2.54. The average molecular weight is 267 g/mol. The lowest BCUT2D eigenvalue weighted by Crippen LogP contribution is -1.94. The number of hydrogen-bond acceptors (Lipinski definition) is 3. The van der Waals surface area contributed by atoms with E-state index in [0.717, 1.165) is 17.5 Å². The van der Waals surface area contributed by atoms with Crippen LogP contribution in [0, 0.1) is 5.82 Å². The third kappa shape index (κ3) is 2.33. The minimum Gasteiger partial charge on any atom is -0.298 e. The first-order valence-corrected chi connectivity index (χ1v) is 6.00. The van der Waals surface area contributed by atoms with E-state index in [9.17, 15) is 9.18 Å². The number of nitrogens with zero attached hydrogens (tertiary/aromatic N) is 3. The summed E-state index contributed by atoms with van der Waals surface area (Å²) in [4.78, 5) is 10.6. The van der Waals surface area contributed by atoms with E-state index >= 15 is 0 Å². The van der Waals surface area contributed by atoms with Crippen molar-refractivity contribution in [2.75, 3.05) is 0 Å². The van der Waals surface area contributed by atoms with Gasteiger partial charge in [-0.25, -0.2) is 9.07 Å². The van der Waals surface area contributed by atoms with Gasteiger partial charge in [0.1, 0.15) is 17.8 Å². The Kier molecular flexibility index (Phi) is 3.09. The summed E-state index contributed by atoms with van der Waals surface area (Å²) in [5, 5.41) is 8.08. The Balaban J connectivity index is 1.92. The lowest BCUT2D eigenvalue weighted by atomic mass is 10.2. The topological polar surface area (TPSA) is 47.8 Å². The summed E-state index contributed by atoms with van der Waals surface area (Å²) in [6, 6.07) is 13.1. The van der Waals surface area contributed by atoms with Crippen LogP contribution in [0.1, 0.15) is 10.4 Å². The Labute approximate surface area is 114 Å². The number of aldehydes is 1. The molecule has 0 amide bonds. The number of hydrogen-bond donors (Lipinski definition) is 0. The van der Waals surface area contributed by atoms with Crippen molar-refractivity contribution in [3.8, 4) is 16.9 Å². The van der Waals surface area contributed by atoms with E-state index in [0.29, 0.717) is 11.3 Å². The Morgan fingerprint density at radius 3 is 2.35 bits per heavy atom. The monoisotopic (exact) mass is 267 g/mol. The van der Waals surface area contributed by atoms with Gasteiger partial charge in [-0.3, -0.25) is 4.79 Å². The zero-order valence-corrected chi connectivity index (χ0v) is 10.4. The molecule has 4 nitrogen and oxygen atoms in total. The number of rotatable bonds is 3. The van der Waals surface area contributed by atoms with Crippen molar-refractivity contribution in [3.63, 3.8) is 0 Å². The molecule has 1 heterocycles. The van der Waals surface area contributed by atoms with Crippen molar-refractivity contribution in [3.05, 3.63) is 66.1 Å². The second-order valence-corrected chi connectivity index (χ2v) is 4.26. The molecule has 2 aromatic carbocycles. The highest BCUT2D eigenvalue weighted by molar-refractivity contribution is 5.75. The maximum absolute atomic E-state index is 12.9. The van der Waals surface area contributed by atoms with Crippen LogP contribution in [0.4, 0.5) is 4.39 Å². The number of aromatic nitrogens is 3. The predicted octanol–water partition coefficient (Wildman–Crippen LogP) is 2.89. The summed E-state index contributed by atoms with van der Waals surface area (Å²) >= 11 is 0. The molecule has 0 aliphatic heterocycles. The smallest absolute Gasteiger partial charge is 0.150 e. The van der Waals surface area contributed by atoms with Crippen LogP contribution < -0.4 is 0 Å². The van der Waals surface area contributed by atoms with E-state index in [1.54, 1.807) is 47.3 Å². The molecule has 0 atom stereocenters. The molecule has 5 heteroatoms. The van der Waals surface area contributed by atoms with E-state index in [1.807, 2.05) is 0 Å². The van der Waals surface area contributed by atoms with Gasteiger partial charge in [0, 0.05) is 11.1 Å². The predicted molar refractivity (Wildman–Crippen MR) is 72.1 cm³/mol. The van der Waals surface area contributed by atoms with E-state index in [1.165, 1.54) is 12.1 Å². The van der Waals surface area contributed by atoms with Crippen LogP contribution in [-0.2, 0) is 0 Å². The molecular formula is C15H10FN3O. The van der Waals surface area contributed by atoms with Crippen LogP contribution in [0.15, 0.2) is 54.7 Å². The van der Waals surface area contributed by atoms with Crippen LogP contribution >= 0.6 is 0 Å². The van der Waals surface area contributed by atoms with E-state index in [-0.39, 0.29) is 5.82 Å². The van der Waals surface area contributed by atoms with E-state index in [2.05, 4.69) is 10.3 Å². The molecular weight excluding hydrogens is 257 g/mol. The van der Waals surface area contributed by atoms with Crippen molar-refractivity contribution < 1.29 is 9.18 Å². The molecule has 0 radical (unpaired) electrons. The fourth-order valence-corrected chi connectivity index (χ4v) is 1.85. The zero-order valence-electron chi connectivity index (χ0n) is 10.4. The first-order valence-electron chi connectivity index (χ1n) is 6.00. The van der Waals surface area contributed by atoms with Gasteiger partial charge in [-0.2, -0.15) is 0 Å². The maximum Gasteiger partial charge on any atom is 0.150 e. The van der Waals surface area contributed by atoms with Crippen molar-refractivity contribution in [1.82, 2.24) is 15.0 Å². The van der Waals surface area contributed by atoms with Crippen molar-refractivity contribution in [2.45, 2.75) is 0 Å². The summed E-state index contributed by atoms with van der Waals surface area (Å²) in [5.41, 5.74) is 2.86. The first-order chi connectivity index (χ1) is 9.76. The second-order valence-electron chi connectivity index (χ2n) is 4.26. The normalized spacial score (nSPS) is 10.4. The van der Waals surface area contributed by atoms with Crippen molar-refractivity contribution in [1.29, 1.82) is 0 Å². The number of carbonyl (C=O) groups excluding carboxylic acids is 1. The lowest BCUT2D eigenvalue weighted by molar-refractivity contribution is 0.112. The van der Waals surface area contributed by atoms with Crippen LogP contribution in [0.3, 0.4) is 0 Å². The highest BCUT2D eigenvalue weighted by Gasteiger charge is 2.05. The molecule has 0 aliphatic carbocycles. The molecule has 0 saturated heterocycles. The molecule has 0 aliphatic rings. The Hall–Kier alpha value is -2.82. The summed E-state index contributed by atoms with van der Waals surface area (Å²) in [5.74, 6) is -0.286. The van der Waals surface area contributed by atoms with E-state index in [4.69, 9.17) is 0 Å². The molecule has 0 unspecified atom stereocenters. The molecule has 0 fully saturated rings. The maximum atomic E-state index is 12.9. The zero-order chi connectivity index (χ0) is 13.9. The van der Waals surface area contributed by atoms with Gasteiger partial charge in [0.15, 0.2) is 0 Å². The molecule has 0 saturated carbocycles. The van der Waals surface area contributed by atoms with Crippen LogP contribution in [0.5, 0.6) is 0 Å². The fourth-order valence-electron chi connectivity index (χ4n) is 1.85. The Bertz CT molecular complexity index is 733. The molecule has 3 aromatic rings. The second kappa shape index (κ2) is 5.05. The Morgan fingerprint density at radius 2 is 1.70 bits per heavy atom. The van der Waals surface area contributed by atoms with Gasteiger partial charge >= 0.3 is 0 Å². The molecule has 0 N–H and O–H groups in total. The molecule has 3 rings (SSSR count). The van der Waals surface area contributed by atoms with Crippen molar-refractivity contribution in [2.24, 2.45) is 0 Å². The van der Waals surface area contributed by atoms with E-state index < -0.39 is 0 Å². The molecule has 0 spiro atoms. The Morgan fingerprint density at radius 1 is 1.00 bits per heavy atom. The van der Waals surface area contributed by atoms with Gasteiger partial charge in [0.2, 0.25) is 0 Å². The third-order valence-electron chi connectivity index (χ3n) is 2.93.